The number of fused-ring (bicyclic) bond motifs is 1. The van der Waals surface area contributed by atoms with Crippen molar-refractivity contribution in [2.24, 2.45) is 11.1 Å². The maximum atomic E-state index is 13.6. The second kappa shape index (κ2) is 9.63. The number of piperidine rings is 1. The minimum Gasteiger partial charge on any atom is -0.376 e. The Labute approximate surface area is 192 Å². The van der Waals surface area contributed by atoms with Crippen LogP contribution < -0.4 is 15.9 Å². The van der Waals surface area contributed by atoms with E-state index in [4.69, 9.17) is 11.6 Å². The molecule has 4 unspecified atom stereocenters. The molecule has 1 fully saturated rings. The van der Waals surface area contributed by atoms with Crippen LogP contribution in [0.2, 0.25) is 5.02 Å². The average molecular weight is 483 g/mol. The summed E-state index contributed by atoms with van der Waals surface area (Å²) in [6, 6.07) is 1.50. The normalized spacial score (nSPS) is 25.0. The Hall–Kier alpha value is -2.38. The summed E-state index contributed by atoms with van der Waals surface area (Å²) < 4.78 is 13.6. The molecule has 2 heterocycles. The highest BCUT2D eigenvalue weighted by Crippen LogP contribution is 2.39. The highest BCUT2D eigenvalue weighted by molar-refractivity contribution is 7.28. The van der Waals surface area contributed by atoms with E-state index in [1.54, 1.807) is 4.90 Å². The molecular weight excluding hydrogens is 458 g/mol. The van der Waals surface area contributed by atoms with Crippen LogP contribution in [0.4, 0.5) is 4.39 Å². The Morgan fingerprint density at radius 2 is 2.12 bits per heavy atom. The molecule has 1 aromatic carbocycles. The summed E-state index contributed by atoms with van der Waals surface area (Å²) in [6.45, 7) is 4.46. The molecular formula is C21H25ClFN4O4P. The van der Waals surface area contributed by atoms with Gasteiger partial charge in [0.15, 0.2) is 5.54 Å². The number of ketones is 1. The van der Waals surface area contributed by atoms with E-state index in [0.29, 0.717) is 23.8 Å². The molecule has 0 aliphatic carbocycles. The van der Waals surface area contributed by atoms with Gasteiger partial charge >= 0.3 is 0 Å². The van der Waals surface area contributed by atoms with Crippen LogP contribution in [-0.4, -0.2) is 47.2 Å². The minimum absolute atomic E-state index is 0.0202. The molecule has 1 aromatic rings. The van der Waals surface area contributed by atoms with Crippen molar-refractivity contribution >= 4 is 43.7 Å². The first-order chi connectivity index (χ1) is 15.2. The fourth-order valence-corrected chi connectivity index (χ4v) is 4.87. The van der Waals surface area contributed by atoms with Gasteiger partial charge in [0, 0.05) is 31.8 Å². The molecule has 32 heavy (non-hydrogen) atoms. The molecule has 1 saturated heterocycles. The van der Waals surface area contributed by atoms with Gasteiger partial charge in [-0.2, -0.15) is 0 Å². The van der Waals surface area contributed by atoms with E-state index in [0.717, 1.165) is 6.42 Å². The molecule has 0 bridgehead atoms. The number of amides is 2. The van der Waals surface area contributed by atoms with Crippen LogP contribution >= 0.6 is 20.8 Å². The number of carbonyl (C=O) groups is 3. The summed E-state index contributed by atoms with van der Waals surface area (Å²) in [6.07, 6.45) is 2.34. The predicted octanol–water partition coefficient (Wildman–Crippen LogP) is 1.80. The fourth-order valence-electron chi connectivity index (χ4n) is 4.34. The van der Waals surface area contributed by atoms with E-state index in [9.17, 15) is 23.7 Å². The molecule has 0 aromatic heterocycles. The topological polar surface area (TPSA) is 108 Å². The Morgan fingerprint density at radius 3 is 2.75 bits per heavy atom. The van der Waals surface area contributed by atoms with Gasteiger partial charge in [0.2, 0.25) is 11.7 Å². The summed E-state index contributed by atoms with van der Waals surface area (Å²) in [7, 11) is 2.31. The van der Waals surface area contributed by atoms with Crippen LogP contribution in [0.25, 0.3) is 0 Å². The zero-order valence-corrected chi connectivity index (χ0v) is 19.7. The lowest BCUT2D eigenvalue weighted by atomic mass is 9.67. The number of hydrogen-bond acceptors (Lipinski definition) is 6. The number of benzene rings is 1. The number of rotatable bonds is 7. The van der Waals surface area contributed by atoms with E-state index < -0.39 is 35.0 Å². The van der Waals surface area contributed by atoms with Gasteiger partial charge in [0.05, 0.1) is 5.02 Å². The molecule has 2 aliphatic rings. The number of Topliss-reactive ketones (excluding diaryl/α,β-unsaturated/α-hetero) is 1. The van der Waals surface area contributed by atoms with E-state index in [-0.39, 0.29) is 29.6 Å². The molecule has 0 radical (unpaired) electrons. The molecule has 0 spiro atoms. The van der Waals surface area contributed by atoms with Crippen LogP contribution in [0.15, 0.2) is 29.1 Å². The maximum Gasteiger partial charge on any atom is 0.256 e. The van der Waals surface area contributed by atoms with Crippen molar-refractivity contribution in [3.8, 4) is 0 Å². The number of carbonyl (C=O) groups excluding carboxylic acids is 3. The van der Waals surface area contributed by atoms with Gasteiger partial charge in [-0.1, -0.05) is 36.7 Å². The summed E-state index contributed by atoms with van der Waals surface area (Å²) in [4.78, 5) is 52.9. The van der Waals surface area contributed by atoms with Crippen LogP contribution in [0.1, 0.15) is 32.3 Å². The van der Waals surface area contributed by atoms with Crippen molar-refractivity contribution in [1.82, 2.24) is 15.5 Å². The molecule has 2 N–H and O–H groups in total. The number of nitroso groups, excluding NO2 is 1. The first-order valence-electron chi connectivity index (χ1n) is 10.4. The van der Waals surface area contributed by atoms with Gasteiger partial charge in [-0.25, -0.2) is 4.39 Å². The van der Waals surface area contributed by atoms with Gasteiger partial charge in [0.25, 0.3) is 5.91 Å². The second-order valence-corrected chi connectivity index (χ2v) is 8.87. The van der Waals surface area contributed by atoms with Gasteiger partial charge in [-0.15, -0.1) is 14.1 Å². The van der Waals surface area contributed by atoms with Crippen molar-refractivity contribution in [2.45, 2.75) is 44.8 Å². The summed E-state index contributed by atoms with van der Waals surface area (Å²) in [5.74, 6) is -3.00. The van der Waals surface area contributed by atoms with E-state index in [1.807, 2.05) is 13.8 Å². The Kier molecular flexibility index (Phi) is 7.30. The van der Waals surface area contributed by atoms with Gasteiger partial charge in [0.1, 0.15) is 17.4 Å². The molecule has 0 saturated carbocycles. The van der Waals surface area contributed by atoms with E-state index in [1.165, 1.54) is 18.3 Å². The maximum absolute atomic E-state index is 13.6. The number of halogens is 2. The Bertz CT molecular complexity index is 1000. The van der Waals surface area contributed by atoms with Crippen molar-refractivity contribution < 1.29 is 18.8 Å². The Morgan fingerprint density at radius 1 is 1.41 bits per heavy atom. The third kappa shape index (κ3) is 3.92. The molecule has 8 nitrogen and oxygen atoms in total. The van der Waals surface area contributed by atoms with Crippen molar-refractivity contribution in [1.29, 1.82) is 0 Å². The van der Waals surface area contributed by atoms with E-state index in [2.05, 4.69) is 25.1 Å². The predicted molar refractivity (Wildman–Crippen MR) is 122 cm³/mol. The Balaban J connectivity index is 1.87. The smallest absolute Gasteiger partial charge is 0.256 e. The first kappa shape index (κ1) is 24.3. The molecule has 172 valence electrons. The quantitative estimate of drug-likeness (QED) is 0.350. The molecule has 2 amide bonds. The van der Waals surface area contributed by atoms with E-state index >= 15 is 0 Å². The van der Waals surface area contributed by atoms with Crippen molar-refractivity contribution in [2.75, 3.05) is 13.1 Å². The number of nitrogens with one attached hydrogen (secondary N) is 2. The molecule has 2 aliphatic heterocycles. The lowest BCUT2D eigenvalue weighted by molar-refractivity contribution is -0.148. The summed E-state index contributed by atoms with van der Waals surface area (Å²) >= 11 is 5.90. The first-order valence-corrected chi connectivity index (χ1v) is 11.3. The minimum atomic E-state index is -1.89. The zero-order chi connectivity index (χ0) is 23.6. The van der Waals surface area contributed by atoms with Crippen molar-refractivity contribution in [3.63, 3.8) is 0 Å². The van der Waals surface area contributed by atoms with Crippen molar-refractivity contribution in [3.05, 3.63) is 45.2 Å². The largest absolute Gasteiger partial charge is 0.376 e. The van der Waals surface area contributed by atoms with Crippen LogP contribution in [0, 0.1) is 16.6 Å². The third-order valence-corrected chi connectivity index (χ3v) is 7.34. The summed E-state index contributed by atoms with van der Waals surface area (Å²) in [5.41, 5.74) is -1.63. The lowest BCUT2D eigenvalue weighted by Crippen LogP contribution is -2.72. The van der Waals surface area contributed by atoms with Crippen LogP contribution in [0.5, 0.6) is 0 Å². The standard InChI is InChI=1S/C21H25ClFN4O4P/c1-3-7-27-10-12(4-2)21(26-31)17(20(27)30)24-9-13(18(21)28)19(29)25-8-11-5-6-14(23)15(22)16(11)32/h5-6,9,12,17,24H,3-4,7-8,10,32H2,1-2H3,(H,25,29). The third-order valence-electron chi connectivity index (χ3n) is 6.11. The lowest BCUT2D eigenvalue weighted by Gasteiger charge is -2.48. The summed E-state index contributed by atoms with van der Waals surface area (Å²) in [5, 5.41) is 8.88. The highest BCUT2D eigenvalue weighted by Gasteiger charge is 2.62. The zero-order valence-electron chi connectivity index (χ0n) is 17.8. The van der Waals surface area contributed by atoms with Gasteiger partial charge in [-0.3, -0.25) is 14.4 Å². The monoisotopic (exact) mass is 482 g/mol. The number of likely N-dealkylation sites (tertiary alicyclic amines) is 1. The molecule has 11 heteroatoms. The van der Waals surface area contributed by atoms with Gasteiger partial charge in [-0.05, 0) is 29.8 Å². The van der Waals surface area contributed by atoms with Crippen LogP contribution in [0.3, 0.4) is 0 Å². The average Bonchev–Trinajstić information content (AvgIpc) is 2.79. The molecule has 3 rings (SSSR count). The molecule has 4 atom stereocenters. The number of nitrogens with zero attached hydrogens (tertiary/aromatic N) is 2. The second-order valence-electron chi connectivity index (χ2n) is 7.91. The van der Waals surface area contributed by atoms with Crippen LogP contribution in [-0.2, 0) is 20.9 Å². The highest BCUT2D eigenvalue weighted by atomic mass is 35.5. The number of hydrogen-bond donors (Lipinski definition) is 2. The fraction of sp³-hybridized carbons (Fsp3) is 0.476. The SMILES string of the molecule is CCCN1CC(CC)C2(N=O)C(=O)C(C(=O)NCc3ccc(F)c(Cl)c3P)=CNC2C1=O. The van der Waals surface area contributed by atoms with Gasteiger partial charge < -0.3 is 15.5 Å².